The number of halogens is 14. The molecule has 0 fully saturated rings. The third-order valence-electron chi connectivity index (χ3n) is 4.30. The summed E-state index contributed by atoms with van der Waals surface area (Å²) >= 11 is 0. The van der Waals surface area contributed by atoms with Gasteiger partial charge in [-0.05, 0) is 24.6 Å². The minimum Gasteiger partial charge on any atom is -0.466 e. The second kappa shape index (κ2) is 8.81. The van der Waals surface area contributed by atoms with Gasteiger partial charge in [0.25, 0.3) is 0 Å². The molecule has 0 bridgehead atoms. The predicted octanol–water partition coefficient (Wildman–Crippen LogP) is 6.60. The van der Waals surface area contributed by atoms with E-state index in [9.17, 15) is 66.3 Å². The Kier molecular flexibility index (Phi) is 7.68. The second-order valence-corrected chi connectivity index (χ2v) is 6.56. The molecule has 0 aliphatic carbocycles. The minimum absolute atomic E-state index is 0.504. The first kappa shape index (κ1) is 28.7. The predicted molar refractivity (Wildman–Crippen MR) is 81.2 cm³/mol. The van der Waals surface area contributed by atoms with Crippen molar-refractivity contribution >= 4 is 5.97 Å². The van der Waals surface area contributed by atoms with Crippen LogP contribution in [0.1, 0.15) is 24.8 Å². The van der Waals surface area contributed by atoms with Crippen LogP contribution in [0.15, 0.2) is 24.3 Å². The number of ether oxygens (including phenoxy) is 1. The summed E-state index contributed by atoms with van der Waals surface area (Å²) in [5, 5.41) is 0. The molecule has 190 valence electrons. The summed E-state index contributed by atoms with van der Waals surface area (Å²) < 4.78 is 189. The van der Waals surface area contributed by atoms with E-state index >= 15 is 0 Å². The highest BCUT2D eigenvalue weighted by atomic mass is 19.4. The van der Waals surface area contributed by atoms with Gasteiger partial charge in [0.1, 0.15) is 5.82 Å². The van der Waals surface area contributed by atoms with Crippen molar-refractivity contribution in [2.45, 2.75) is 55.1 Å². The summed E-state index contributed by atoms with van der Waals surface area (Å²) in [7, 11) is 0. The molecule has 0 aliphatic rings. The number of hydrogen-bond donors (Lipinski definition) is 0. The van der Waals surface area contributed by atoms with Gasteiger partial charge in [0.05, 0.1) is 12.5 Å². The molecule has 0 heterocycles. The molecule has 0 N–H and O–H groups in total. The Labute approximate surface area is 175 Å². The fourth-order valence-corrected chi connectivity index (χ4v) is 2.46. The van der Waals surface area contributed by atoms with Gasteiger partial charge in [-0.2, -0.15) is 57.1 Å². The molecule has 1 unspecified atom stereocenters. The van der Waals surface area contributed by atoms with Crippen molar-refractivity contribution in [2.75, 3.05) is 6.61 Å². The molecule has 2 nitrogen and oxygen atoms in total. The van der Waals surface area contributed by atoms with Gasteiger partial charge in [0.15, 0.2) is 0 Å². The maximum absolute atomic E-state index is 14.2. The number of esters is 1. The van der Waals surface area contributed by atoms with Crippen molar-refractivity contribution in [3.05, 3.63) is 35.6 Å². The summed E-state index contributed by atoms with van der Waals surface area (Å²) in [6, 6.07) is 2.08. The Bertz CT molecular complexity index is 829. The quantitative estimate of drug-likeness (QED) is 0.274. The lowest BCUT2D eigenvalue weighted by Crippen LogP contribution is -2.70. The van der Waals surface area contributed by atoms with Gasteiger partial charge in [-0.25, -0.2) is 4.39 Å². The first-order chi connectivity index (χ1) is 14.6. The molecule has 0 saturated carbocycles. The molecular weight excluding hydrogens is 502 g/mol. The zero-order chi connectivity index (χ0) is 26.3. The molecule has 0 radical (unpaired) electrons. The Morgan fingerprint density at radius 3 is 1.58 bits per heavy atom. The zero-order valence-electron chi connectivity index (χ0n) is 15.9. The van der Waals surface area contributed by atoms with Gasteiger partial charge in [0.2, 0.25) is 0 Å². The molecule has 0 saturated heterocycles. The summed E-state index contributed by atoms with van der Waals surface area (Å²) in [5.41, 5.74) is -0.763. The van der Waals surface area contributed by atoms with Crippen LogP contribution in [-0.4, -0.2) is 48.4 Å². The Morgan fingerprint density at radius 2 is 1.18 bits per heavy atom. The van der Waals surface area contributed by atoms with Crippen molar-refractivity contribution in [1.29, 1.82) is 0 Å². The van der Waals surface area contributed by atoms with Gasteiger partial charge < -0.3 is 4.74 Å². The van der Waals surface area contributed by atoms with E-state index in [1.165, 1.54) is 0 Å². The summed E-state index contributed by atoms with van der Waals surface area (Å²) in [5.74, 6) is -43.4. The normalized spacial score (nSPS) is 15.4. The molecule has 0 aliphatic heterocycles. The van der Waals surface area contributed by atoms with Crippen LogP contribution in [0.5, 0.6) is 0 Å². The van der Waals surface area contributed by atoms with Gasteiger partial charge in [-0.1, -0.05) is 12.1 Å². The number of carbonyl (C=O) groups is 1. The largest absolute Gasteiger partial charge is 0.466 e. The van der Waals surface area contributed by atoms with Crippen molar-refractivity contribution in [3.8, 4) is 0 Å². The fraction of sp³-hybridized carbons (Fsp3) is 0.588. The van der Waals surface area contributed by atoms with Crippen LogP contribution in [0.2, 0.25) is 0 Å². The van der Waals surface area contributed by atoms with Crippen LogP contribution < -0.4 is 0 Å². The molecule has 0 amide bonds. The van der Waals surface area contributed by atoms with Gasteiger partial charge >= 0.3 is 41.8 Å². The SMILES string of the molecule is CCOC(=O)C(CC(F)(F)C(F)(F)C(F)(F)C(F)(F)C(F)(F)C(F)(F)F)c1ccc(F)cc1. The summed E-state index contributed by atoms with van der Waals surface area (Å²) in [6.07, 6.45) is -10.3. The van der Waals surface area contributed by atoms with E-state index in [1.807, 2.05) is 0 Å². The number of alkyl halides is 13. The average molecular weight is 514 g/mol. The molecule has 33 heavy (non-hydrogen) atoms. The molecule has 0 aromatic heterocycles. The molecule has 0 spiro atoms. The summed E-state index contributed by atoms with van der Waals surface area (Å²) in [4.78, 5) is 11.9. The van der Waals surface area contributed by atoms with Crippen molar-refractivity contribution in [1.82, 2.24) is 0 Å². The second-order valence-electron chi connectivity index (χ2n) is 6.56. The van der Waals surface area contributed by atoms with E-state index in [4.69, 9.17) is 0 Å². The standard InChI is InChI=1S/C17H12F14O2/c1-2-33-11(32)10(8-3-5-9(18)6-4-8)7-12(19,20)13(21,22)14(23,24)15(25,26)16(27,28)17(29,30)31/h3-6,10H,2,7H2,1H3. The topological polar surface area (TPSA) is 26.3 Å². The molecular formula is C17H12F14O2. The highest BCUT2D eigenvalue weighted by molar-refractivity contribution is 5.78. The maximum Gasteiger partial charge on any atom is 0.460 e. The van der Waals surface area contributed by atoms with E-state index < -0.39 is 72.1 Å². The lowest BCUT2D eigenvalue weighted by atomic mass is 9.86. The fourth-order valence-electron chi connectivity index (χ4n) is 2.46. The van der Waals surface area contributed by atoms with Crippen LogP contribution in [0, 0.1) is 5.82 Å². The third-order valence-corrected chi connectivity index (χ3v) is 4.30. The maximum atomic E-state index is 14.2. The van der Waals surface area contributed by atoms with E-state index in [0.717, 1.165) is 6.92 Å². The zero-order valence-corrected chi connectivity index (χ0v) is 15.9. The van der Waals surface area contributed by atoms with Crippen LogP contribution >= 0.6 is 0 Å². The number of rotatable bonds is 9. The first-order valence-electron chi connectivity index (χ1n) is 8.46. The summed E-state index contributed by atoms with van der Waals surface area (Å²) in [6.45, 7) is 0.491. The van der Waals surface area contributed by atoms with Crippen LogP contribution in [0.4, 0.5) is 61.5 Å². The average Bonchev–Trinajstić information content (AvgIpc) is 2.65. The molecule has 16 heteroatoms. The molecule has 1 atom stereocenters. The van der Waals surface area contributed by atoms with Gasteiger partial charge in [-0.3, -0.25) is 4.79 Å². The van der Waals surface area contributed by atoms with Crippen LogP contribution in [0.25, 0.3) is 0 Å². The smallest absolute Gasteiger partial charge is 0.460 e. The van der Waals surface area contributed by atoms with Gasteiger partial charge in [-0.15, -0.1) is 0 Å². The lowest BCUT2D eigenvalue weighted by molar-refractivity contribution is -0.440. The molecule has 1 rings (SSSR count). The highest BCUT2D eigenvalue weighted by Crippen LogP contribution is 2.61. The van der Waals surface area contributed by atoms with Gasteiger partial charge in [0, 0.05) is 6.42 Å². The molecule has 1 aromatic carbocycles. The Morgan fingerprint density at radius 1 is 0.758 bits per heavy atom. The monoisotopic (exact) mass is 514 g/mol. The Hall–Kier alpha value is -2.29. The third kappa shape index (κ3) is 4.83. The molecule has 1 aromatic rings. The van der Waals surface area contributed by atoms with Crippen molar-refractivity contribution < 1.29 is 71.0 Å². The van der Waals surface area contributed by atoms with Crippen LogP contribution in [-0.2, 0) is 9.53 Å². The number of carbonyl (C=O) groups excluding carboxylic acids is 1. The van der Waals surface area contributed by atoms with E-state index in [2.05, 4.69) is 4.74 Å². The van der Waals surface area contributed by atoms with Crippen LogP contribution in [0.3, 0.4) is 0 Å². The first-order valence-corrected chi connectivity index (χ1v) is 8.46. The van der Waals surface area contributed by atoms with E-state index in [0.29, 0.717) is 24.3 Å². The van der Waals surface area contributed by atoms with E-state index in [-0.39, 0.29) is 0 Å². The minimum atomic E-state index is -8.04. The number of benzene rings is 1. The lowest BCUT2D eigenvalue weighted by Gasteiger charge is -2.40. The van der Waals surface area contributed by atoms with E-state index in [1.54, 1.807) is 0 Å². The number of hydrogen-bond acceptors (Lipinski definition) is 2. The Balaban J connectivity index is 3.52. The highest BCUT2D eigenvalue weighted by Gasteiger charge is 2.90. The van der Waals surface area contributed by atoms with Crippen molar-refractivity contribution in [3.63, 3.8) is 0 Å². The van der Waals surface area contributed by atoms with Crippen molar-refractivity contribution in [2.24, 2.45) is 0 Å².